The molecule has 5 heteroatoms. The zero-order valence-electron chi connectivity index (χ0n) is 11.1. The molecule has 0 unspecified atom stereocenters. The Hall–Kier alpha value is -2.14. The normalized spacial score (nSPS) is 16.0. The van der Waals surface area contributed by atoms with Crippen LogP contribution in [0.1, 0.15) is 35.1 Å². The number of carbonyl (C=O) groups excluding carboxylic acids is 1. The fourth-order valence-electron chi connectivity index (χ4n) is 2.36. The molecule has 1 aliphatic heterocycles. The summed E-state index contributed by atoms with van der Waals surface area (Å²) in [5.41, 5.74) is 1.09. The molecule has 0 radical (unpaired) electrons. The molecule has 0 saturated carbocycles. The average Bonchev–Trinajstić information content (AvgIpc) is 2.99. The van der Waals surface area contributed by atoms with Gasteiger partial charge in [-0.2, -0.15) is 0 Å². The van der Waals surface area contributed by atoms with Crippen LogP contribution in [0, 0.1) is 0 Å². The molecule has 2 heterocycles. The first kappa shape index (κ1) is 12.9. The fourth-order valence-corrected chi connectivity index (χ4v) is 2.36. The highest BCUT2D eigenvalue weighted by molar-refractivity contribution is 6.02. The first-order chi connectivity index (χ1) is 9.83. The Morgan fingerprint density at radius 3 is 2.75 bits per heavy atom. The number of para-hydroxylation sites is 1. The lowest BCUT2D eigenvalue weighted by Crippen LogP contribution is -2.26. The van der Waals surface area contributed by atoms with Crippen molar-refractivity contribution >= 4 is 11.6 Å². The number of rotatable bonds is 3. The third-order valence-electron chi connectivity index (χ3n) is 3.47. The number of benzene rings is 1. The Balaban J connectivity index is 1.68. The van der Waals surface area contributed by atoms with Gasteiger partial charge in [0.25, 0.3) is 5.91 Å². The van der Waals surface area contributed by atoms with Crippen LogP contribution in [0.5, 0.6) is 0 Å². The molecule has 5 nitrogen and oxygen atoms in total. The summed E-state index contributed by atoms with van der Waals surface area (Å²) in [5.74, 6) is 0.749. The standard InChI is InChI=1S/C15H17N3O2/c19-14(17-12-4-2-1-3-5-12)13-10-20-15(18-13)11-6-8-16-9-7-11/h1-5,10-11,16H,6-9H2,(H,17,19). The number of carbonyl (C=O) groups is 1. The minimum atomic E-state index is -0.236. The van der Waals surface area contributed by atoms with Gasteiger partial charge in [0.05, 0.1) is 0 Å². The fraction of sp³-hybridized carbons (Fsp3) is 0.333. The third kappa shape index (κ3) is 2.88. The van der Waals surface area contributed by atoms with Gasteiger partial charge in [0.15, 0.2) is 11.6 Å². The number of hydrogen-bond donors (Lipinski definition) is 2. The zero-order valence-corrected chi connectivity index (χ0v) is 11.1. The highest BCUT2D eigenvalue weighted by atomic mass is 16.3. The highest BCUT2D eigenvalue weighted by Gasteiger charge is 2.21. The van der Waals surface area contributed by atoms with E-state index in [9.17, 15) is 4.79 Å². The number of hydrogen-bond acceptors (Lipinski definition) is 4. The first-order valence-electron chi connectivity index (χ1n) is 6.85. The molecule has 1 aliphatic rings. The smallest absolute Gasteiger partial charge is 0.277 e. The summed E-state index contributed by atoms with van der Waals surface area (Å²) in [5, 5.41) is 6.10. The van der Waals surface area contributed by atoms with E-state index in [4.69, 9.17) is 4.42 Å². The Bertz CT molecular complexity index is 574. The Kier molecular flexibility index (Phi) is 3.78. The lowest BCUT2D eigenvalue weighted by atomic mass is 9.98. The van der Waals surface area contributed by atoms with Crippen molar-refractivity contribution in [3.8, 4) is 0 Å². The number of amides is 1. The molecule has 0 bridgehead atoms. The lowest BCUT2D eigenvalue weighted by Gasteiger charge is -2.19. The molecule has 3 rings (SSSR count). The quantitative estimate of drug-likeness (QED) is 0.899. The molecule has 2 N–H and O–H groups in total. The Morgan fingerprint density at radius 2 is 2.00 bits per heavy atom. The van der Waals surface area contributed by atoms with Crippen molar-refractivity contribution < 1.29 is 9.21 Å². The largest absolute Gasteiger partial charge is 0.448 e. The van der Waals surface area contributed by atoms with Crippen molar-refractivity contribution in [3.63, 3.8) is 0 Å². The minimum Gasteiger partial charge on any atom is -0.448 e. The SMILES string of the molecule is O=C(Nc1ccccc1)c1coc(C2CCNCC2)n1. The first-order valence-corrected chi connectivity index (χ1v) is 6.85. The summed E-state index contributed by atoms with van der Waals surface area (Å²) in [7, 11) is 0. The van der Waals surface area contributed by atoms with Crippen molar-refractivity contribution in [3.05, 3.63) is 48.2 Å². The van der Waals surface area contributed by atoms with Gasteiger partial charge in [0, 0.05) is 11.6 Å². The number of anilines is 1. The molecule has 1 amide bonds. The average molecular weight is 271 g/mol. The van der Waals surface area contributed by atoms with Gasteiger partial charge in [-0.3, -0.25) is 4.79 Å². The summed E-state index contributed by atoms with van der Waals surface area (Å²) in [6.07, 6.45) is 3.44. The van der Waals surface area contributed by atoms with Gasteiger partial charge in [-0.15, -0.1) is 0 Å². The van der Waals surface area contributed by atoms with Crippen LogP contribution in [0.2, 0.25) is 0 Å². The number of nitrogens with zero attached hydrogens (tertiary/aromatic N) is 1. The summed E-state index contributed by atoms with van der Waals surface area (Å²) in [4.78, 5) is 16.4. The number of nitrogens with one attached hydrogen (secondary N) is 2. The van der Waals surface area contributed by atoms with Gasteiger partial charge in [0.1, 0.15) is 6.26 Å². The van der Waals surface area contributed by atoms with Crippen LogP contribution in [0.25, 0.3) is 0 Å². The van der Waals surface area contributed by atoms with Crippen LogP contribution in [0.15, 0.2) is 41.0 Å². The van der Waals surface area contributed by atoms with Gasteiger partial charge < -0.3 is 15.1 Å². The molecule has 104 valence electrons. The van der Waals surface area contributed by atoms with Crippen LogP contribution >= 0.6 is 0 Å². The summed E-state index contributed by atoms with van der Waals surface area (Å²) in [6.45, 7) is 1.94. The van der Waals surface area contributed by atoms with Gasteiger partial charge >= 0.3 is 0 Å². The molecule has 0 spiro atoms. The summed E-state index contributed by atoms with van der Waals surface area (Å²) >= 11 is 0. The second kappa shape index (κ2) is 5.88. The van der Waals surface area contributed by atoms with Crippen LogP contribution in [0.3, 0.4) is 0 Å². The molecule has 0 aliphatic carbocycles. The van der Waals surface area contributed by atoms with Crippen molar-refractivity contribution in [2.75, 3.05) is 18.4 Å². The second-order valence-corrected chi connectivity index (χ2v) is 4.92. The number of oxazole rings is 1. The minimum absolute atomic E-state index is 0.236. The summed E-state index contributed by atoms with van der Waals surface area (Å²) in [6, 6.07) is 9.33. The van der Waals surface area contributed by atoms with Crippen molar-refractivity contribution in [2.24, 2.45) is 0 Å². The monoisotopic (exact) mass is 271 g/mol. The maximum Gasteiger partial charge on any atom is 0.277 e. The van der Waals surface area contributed by atoms with Crippen molar-refractivity contribution in [2.45, 2.75) is 18.8 Å². The summed E-state index contributed by atoms with van der Waals surface area (Å²) < 4.78 is 5.46. The zero-order chi connectivity index (χ0) is 13.8. The maximum absolute atomic E-state index is 12.1. The van der Waals surface area contributed by atoms with E-state index in [0.29, 0.717) is 17.5 Å². The van der Waals surface area contributed by atoms with Crippen LogP contribution in [0.4, 0.5) is 5.69 Å². The predicted molar refractivity (Wildman–Crippen MR) is 75.7 cm³/mol. The molecule has 20 heavy (non-hydrogen) atoms. The molecule has 1 saturated heterocycles. The van der Waals surface area contributed by atoms with Crippen LogP contribution in [-0.4, -0.2) is 24.0 Å². The second-order valence-electron chi connectivity index (χ2n) is 4.92. The van der Waals surface area contributed by atoms with Gasteiger partial charge in [-0.05, 0) is 38.1 Å². The Morgan fingerprint density at radius 1 is 1.25 bits per heavy atom. The molecular formula is C15H17N3O2. The van der Waals surface area contributed by atoms with Crippen LogP contribution < -0.4 is 10.6 Å². The van der Waals surface area contributed by atoms with E-state index in [1.807, 2.05) is 30.3 Å². The molecule has 0 atom stereocenters. The molecule has 2 aromatic rings. The van der Waals surface area contributed by atoms with Crippen LogP contribution in [-0.2, 0) is 0 Å². The van der Waals surface area contributed by atoms with E-state index in [-0.39, 0.29) is 5.91 Å². The number of aromatic nitrogens is 1. The van der Waals surface area contributed by atoms with E-state index < -0.39 is 0 Å². The van der Waals surface area contributed by atoms with E-state index in [2.05, 4.69) is 15.6 Å². The van der Waals surface area contributed by atoms with E-state index in [1.165, 1.54) is 6.26 Å². The number of piperidine rings is 1. The topological polar surface area (TPSA) is 67.2 Å². The molecule has 1 fully saturated rings. The molecule has 1 aromatic carbocycles. The van der Waals surface area contributed by atoms with Gasteiger partial charge in [0.2, 0.25) is 0 Å². The van der Waals surface area contributed by atoms with Crippen molar-refractivity contribution in [1.29, 1.82) is 0 Å². The van der Waals surface area contributed by atoms with E-state index in [1.54, 1.807) is 0 Å². The Labute approximate surface area is 117 Å². The van der Waals surface area contributed by atoms with Crippen molar-refractivity contribution in [1.82, 2.24) is 10.3 Å². The highest BCUT2D eigenvalue weighted by Crippen LogP contribution is 2.24. The predicted octanol–water partition coefficient (Wildman–Crippen LogP) is 2.39. The maximum atomic E-state index is 12.1. The van der Waals surface area contributed by atoms with Gasteiger partial charge in [-0.25, -0.2) is 4.98 Å². The van der Waals surface area contributed by atoms with E-state index >= 15 is 0 Å². The van der Waals surface area contributed by atoms with Gasteiger partial charge in [-0.1, -0.05) is 18.2 Å². The molecule has 1 aromatic heterocycles. The van der Waals surface area contributed by atoms with E-state index in [0.717, 1.165) is 31.6 Å². The lowest BCUT2D eigenvalue weighted by molar-refractivity contribution is 0.102. The molecular weight excluding hydrogens is 254 g/mol. The third-order valence-corrected chi connectivity index (χ3v) is 3.47.